The van der Waals surface area contributed by atoms with E-state index in [2.05, 4.69) is 5.32 Å². The third kappa shape index (κ3) is 3.82. The molecule has 0 aromatic heterocycles. The van der Waals surface area contributed by atoms with E-state index in [-0.39, 0.29) is 6.61 Å². The maximum absolute atomic E-state index is 11.3. The normalized spacial score (nSPS) is 15.9. The number of nitrogens with one attached hydrogen (secondary N) is 1. The molecule has 0 amide bonds. The van der Waals surface area contributed by atoms with Crippen LogP contribution >= 0.6 is 0 Å². The van der Waals surface area contributed by atoms with Crippen LogP contribution in [0.4, 0.5) is 0 Å². The Hall–Kier alpha value is -1.39. The number of benzene rings is 1. The number of hydrogen-bond acceptors (Lipinski definition) is 3. The highest BCUT2D eigenvalue weighted by atomic mass is 16.4. The standard InChI is InChI=1S/C14H21NO3/c1-3-14(2,10-16)15-9-12(13(17)18)11-7-5-4-6-8-11/h4-8,12,15-16H,3,9-10H2,1-2H3,(H,17,18). The van der Waals surface area contributed by atoms with E-state index in [0.29, 0.717) is 6.54 Å². The maximum Gasteiger partial charge on any atom is 0.312 e. The molecule has 0 saturated carbocycles. The second-order valence-electron chi connectivity index (χ2n) is 4.75. The highest BCUT2D eigenvalue weighted by molar-refractivity contribution is 5.76. The molecule has 0 spiro atoms. The van der Waals surface area contributed by atoms with Crippen molar-refractivity contribution in [3.63, 3.8) is 0 Å². The van der Waals surface area contributed by atoms with E-state index in [9.17, 15) is 15.0 Å². The minimum absolute atomic E-state index is 0.00930. The quantitative estimate of drug-likeness (QED) is 0.688. The van der Waals surface area contributed by atoms with Crippen LogP contribution < -0.4 is 5.32 Å². The van der Waals surface area contributed by atoms with Crippen molar-refractivity contribution in [3.8, 4) is 0 Å². The lowest BCUT2D eigenvalue weighted by Crippen LogP contribution is -2.47. The topological polar surface area (TPSA) is 69.6 Å². The molecule has 0 aliphatic rings. The van der Waals surface area contributed by atoms with Crippen molar-refractivity contribution in [1.82, 2.24) is 5.32 Å². The summed E-state index contributed by atoms with van der Waals surface area (Å²) in [4.78, 5) is 11.3. The molecule has 2 atom stereocenters. The van der Waals surface area contributed by atoms with Crippen molar-refractivity contribution in [2.24, 2.45) is 0 Å². The highest BCUT2D eigenvalue weighted by Crippen LogP contribution is 2.17. The fourth-order valence-corrected chi connectivity index (χ4v) is 1.67. The van der Waals surface area contributed by atoms with Crippen molar-refractivity contribution in [2.45, 2.75) is 31.7 Å². The van der Waals surface area contributed by atoms with Gasteiger partial charge in [0, 0.05) is 12.1 Å². The first kappa shape index (κ1) is 14.7. The molecule has 0 aliphatic carbocycles. The van der Waals surface area contributed by atoms with Crippen LogP contribution in [0.1, 0.15) is 31.7 Å². The summed E-state index contributed by atoms with van der Waals surface area (Å²) in [5.74, 6) is -1.45. The Morgan fingerprint density at radius 2 is 2.00 bits per heavy atom. The number of aliphatic carboxylic acids is 1. The van der Waals surface area contributed by atoms with E-state index in [1.165, 1.54) is 0 Å². The molecule has 0 radical (unpaired) electrons. The lowest BCUT2D eigenvalue weighted by Gasteiger charge is -2.29. The summed E-state index contributed by atoms with van der Waals surface area (Å²) in [6.07, 6.45) is 0.741. The van der Waals surface area contributed by atoms with Crippen molar-refractivity contribution in [1.29, 1.82) is 0 Å². The third-order valence-corrected chi connectivity index (χ3v) is 3.36. The molecule has 4 heteroatoms. The monoisotopic (exact) mass is 251 g/mol. The number of hydrogen-bond donors (Lipinski definition) is 3. The van der Waals surface area contributed by atoms with Crippen LogP contribution in [0.15, 0.2) is 30.3 Å². The van der Waals surface area contributed by atoms with Gasteiger partial charge in [0.05, 0.1) is 12.5 Å². The molecular weight excluding hydrogens is 230 g/mol. The lowest BCUT2D eigenvalue weighted by molar-refractivity contribution is -0.138. The Morgan fingerprint density at radius 3 is 2.44 bits per heavy atom. The van der Waals surface area contributed by atoms with E-state index in [1.807, 2.05) is 44.2 Å². The third-order valence-electron chi connectivity index (χ3n) is 3.36. The first-order valence-electron chi connectivity index (χ1n) is 6.16. The molecule has 3 N–H and O–H groups in total. The van der Waals surface area contributed by atoms with Crippen molar-refractivity contribution >= 4 is 5.97 Å². The van der Waals surface area contributed by atoms with Crippen LogP contribution in [0, 0.1) is 0 Å². The molecule has 18 heavy (non-hydrogen) atoms. The average Bonchev–Trinajstić information content (AvgIpc) is 2.39. The van der Waals surface area contributed by atoms with Crippen LogP contribution in [0.25, 0.3) is 0 Å². The summed E-state index contributed by atoms with van der Waals surface area (Å²) in [5, 5.41) is 21.7. The lowest BCUT2D eigenvalue weighted by atomic mass is 9.95. The summed E-state index contributed by atoms with van der Waals surface area (Å²) in [6.45, 7) is 4.15. The molecule has 0 bridgehead atoms. The molecular formula is C14H21NO3. The minimum Gasteiger partial charge on any atom is -0.481 e. The zero-order valence-electron chi connectivity index (χ0n) is 10.9. The fourth-order valence-electron chi connectivity index (χ4n) is 1.67. The molecule has 0 fully saturated rings. The molecule has 4 nitrogen and oxygen atoms in total. The Kier molecular flexibility index (Phi) is 5.31. The van der Waals surface area contributed by atoms with Crippen LogP contribution in [0.5, 0.6) is 0 Å². The number of carboxylic acid groups (broad SMARTS) is 1. The van der Waals surface area contributed by atoms with Crippen molar-refractivity contribution in [3.05, 3.63) is 35.9 Å². The predicted molar refractivity (Wildman–Crippen MR) is 70.6 cm³/mol. The molecule has 1 aromatic carbocycles. The van der Waals surface area contributed by atoms with Gasteiger partial charge in [-0.1, -0.05) is 37.3 Å². The van der Waals surface area contributed by atoms with E-state index in [4.69, 9.17) is 0 Å². The van der Waals surface area contributed by atoms with Gasteiger partial charge in [0.15, 0.2) is 0 Å². The summed E-state index contributed by atoms with van der Waals surface area (Å²) in [5.41, 5.74) is 0.344. The number of aliphatic hydroxyl groups excluding tert-OH is 1. The SMILES string of the molecule is CCC(C)(CO)NCC(C(=O)O)c1ccccc1. The second-order valence-corrected chi connectivity index (χ2v) is 4.75. The van der Waals surface area contributed by atoms with Crippen LogP contribution in [0.2, 0.25) is 0 Å². The smallest absolute Gasteiger partial charge is 0.312 e. The Morgan fingerprint density at radius 1 is 1.39 bits per heavy atom. The first-order valence-corrected chi connectivity index (χ1v) is 6.16. The summed E-state index contributed by atoms with van der Waals surface area (Å²) < 4.78 is 0. The van der Waals surface area contributed by atoms with Crippen molar-refractivity contribution in [2.75, 3.05) is 13.2 Å². The van der Waals surface area contributed by atoms with Crippen LogP contribution in [-0.2, 0) is 4.79 Å². The molecule has 1 aromatic rings. The number of rotatable bonds is 7. The Labute approximate surface area is 108 Å². The van der Waals surface area contributed by atoms with Gasteiger partial charge in [0.2, 0.25) is 0 Å². The first-order chi connectivity index (χ1) is 8.52. The molecule has 100 valence electrons. The van der Waals surface area contributed by atoms with Gasteiger partial charge >= 0.3 is 5.97 Å². The Bertz CT molecular complexity index is 374. The second kappa shape index (κ2) is 6.52. The van der Waals surface area contributed by atoms with Crippen LogP contribution in [0.3, 0.4) is 0 Å². The van der Waals surface area contributed by atoms with Crippen LogP contribution in [-0.4, -0.2) is 34.9 Å². The van der Waals surface area contributed by atoms with Crippen molar-refractivity contribution < 1.29 is 15.0 Å². The van der Waals surface area contributed by atoms with E-state index >= 15 is 0 Å². The largest absolute Gasteiger partial charge is 0.481 e. The van der Waals surface area contributed by atoms with Gasteiger partial charge in [-0.05, 0) is 18.9 Å². The number of carbonyl (C=O) groups is 1. The number of carboxylic acids is 1. The van der Waals surface area contributed by atoms with Gasteiger partial charge in [-0.15, -0.1) is 0 Å². The summed E-state index contributed by atoms with van der Waals surface area (Å²) in [6, 6.07) is 9.14. The molecule has 0 aliphatic heterocycles. The molecule has 2 unspecified atom stereocenters. The Balaban J connectivity index is 2.74. The molecule has 0 saturated heterocycles. The summed E-state index contributed by atoms with van der Waals surface area (Å²) >= 11 is 0. The minimum atomic E-state index is -0.856. The van der Waals surface area contributed by atoms with E-state index in [0.717, 1.165) is 12.0 Å². The highest BCUT2D eigenvalue weighted by Gasteiger charge is 2.25. The number of aliphatic hydroxyl groups is 1. The molecule has 1 rings (SSSR count). The average molecular weight is 251 g/mol. The van der Waals surface area contributed by atoms with E-state index < -0.39 is 17.4 Å². The van der Waals surface area contributed by atoms with Gasteiger partial charge in [-0.25, -0.2) is 0 Å². The van der Waals surface area contributed by atoms with Gasteiger partial charge in [0.1, 0.15) is 0 Å². The van der Waals surface area contributed by atoms with Gasteiger partial charge in [-0.3, -0.25) is 4.79 Å². The zero-order chi connectivity index (χ0) is 13.6. The predicted octanol–water partition coefficient (Wildman–Crippen LogP) is 1.61. The van der Waals surface area contributed by atoms with Gasteiger partial charge < -0.3 is 15.5 Å². The van der Waals surface area contributed by atoms with Gasteiger partial charge in [0.25, 0.3) is 0 Å². The maximum atomic E-state index is 11.3. The molecule has 0 heterocycles. The fraction of sp³-hybridized carbons (Fsp3) is 0.500. The van der Waals surface area contributed by atoms with E-state index in [1.54, 1.807) is 0 Å². The van der Waals surface area contributed by atoms with Gasteiger partial charge in [-0.2, -0.15) is 0 Å². The summed E-state index contributed by atoms with van der Waals surface area (Å²) in [7, 11) is 0. The zero-order valence-corrected chi connectivity index (χ0v) is 10.9.